The molecular weight excluding hydrogens is 733 g/mol. The summed E-state index contributed by atoms with van der Waals surface area (Å²) in [6.07, 6.45) is 21.7. The van der Waals surface area contributed by atoms with Crippen LogP contribution in [0.4, 0.5) is 0 Å². The molecule has 7 rings (SSSR count). The third-order valence-electron chi connectivity index (χ3n) is 8.55. The van der Waals surface area contributed by atoms with Crippen LogP contribution in [0.5, 0.6) is 0 Å². The van der Waals surface area contributed by atoms with E-state index in [1.165, 1.54) is 11.1 Å². The first-order valence-corrected chi connectivity index (χ1v) is 15.1. The summed E-state index contributed by atoms with van der Waals surface area (Å²) in [6, 6.07) is 6.64. The Labute approximate surface area is 296 Å². The summed E-state index contributed by atoms with van der Waals surface area (Å²) >= 11 is 0. The molecule has 0 saturated carbocycles. The van der Waals surface area contributed by atoms with Crippen molar-refractivity contribution >= 4 is 46.5 Å². The van der Waals surface area contributed by atoms with Gasteiger partial charge in [-0.05, 0) is 96.9 Å². The first kappa shape index (κ1) is 31.6. The van der Waals surface area contributed by atoms with Gasteiger partial charge in [0.15, 0.2) is 0 Å². The molecule has 0 atom stereocenters. The van der Waals surface area contributed by atoms with E-state index < -0.39 is 5.95 Å². The summed E-state index contributed by atoms with van der Waals surface area (Å²) in [6.45, 7) is 8.48. The van der Waals surface area contributed by atoms with Gasteiger partial charge in [-0.15, -0.1) is 11.4 Å². The topological polar surface area (TPSA) is 110 Å². The number of allylic oxidation sites excluding steroid dienone is 10. The Kier molecular flexibility index (Phi) is 8.82. The maximum atomic E-state index is 11.5. The van der Waals surface area contributed by atoms with Crippen LogP contribution in [-0.4, -0.2) is 22.8 Å². The average molecular weight is 764 g/mol. The number of aromatic nitrogens is 1. The quantitative estimate of drug-likeness (QED) is 0.464. The summed E-state index contributed by atoms with van der Waals surface area (Å²) in [5.74, 6) is -1.22. The van der Waals surface area contributed by atoms with Gasteiger partial charge in [0.1, 0.15) is 0 Å². The van der Waals surface area contributed by atoms with Gasteiger partial charge < -0.3 is 15.2 Å². The molecule has 6 heterocycles. The van der Waals surface area contributed by atoms with E-state index in [4.69, 9.17) is 25.0 Å². The van der Waals surface area contributed by atoms with Gasteiger partial charge in [-0.2, -0.15) is 5.95 Å². The molecule has 0 spiro atoms. The van der Waals surface area contributed by atoms with E-state index in [2.05, 4.69) is 27.7 Å². The summed E-state index contributed by atoms with van der Waals surface area (Å²) in [5, 5.41) is 23.8. The van der Waals surface area contributed by atoms with Gasteiger partial charge in [-0.1, -0.05) is 61.4 Å². The Morgan fingerprint density at radius 2 is 1.30 bits per heavy atom. The molecule has 46 heavy (non-hydrogen) atoms. The van der Waals surface area contributed by atoms with Crippen LogP contribution in [0, 0.1) is 43.8 Å². The second kappa shape index (κ2) is 12.8. The van der Waals surface area contributed by atoms with Crippen LogP contribution in [0.2, 0.25) is 0 Å². The maximum Gasteiger partial charge on any atom is 3.00 e. The number of aliphatic imine (C=N–C) groups is 4. The minimum atomic E-state index is -1.22. The van der Waals surface area contributed by atoms with Crippen molar-refractivity contribution < 1.29 is 47.1 Å². The first-order valence-electron chi connectivity index (χ1n) is 15.1. The Morgan fingerprint density at radius 1 is 0.674 bits per heavy atom. The number of nitrogens with zero attached hydrogens (tertiary/aromatic N) is 5. The van der Waals surface area contributed by atoms with E-state index in [9.17, 15) is 10.2 Å². The largest absolute Gasteiger partial charge is 3.00 e. The predicted molar refractivity (Wildman–Crippen MR) is 179 cm³/mol. The molecule has 8 heteroatoms. The van der Waals surface area contributed by atoms with Gasteiger partial charge in [-0.25, -0.2) is 20.0 Å². The van der Waals surface area contributed by atoms with Crippen LogP contribution in [0.15, 0.2) is 127 Å². The molecule has 7 nitrogen and oxygen atoms in total. The summed E-state index contributed by atoms with van der Waals surface area (Å²) < 4.78 is 0. The Hall–Kier alpha value is -4.33. The molecule has 1 aromatic carbocycles. The second-order valence-electron chi connectivity index (χ2n) is 11.3. The molecule has 0 aliphatic carbocycles. The molecule has 234 valence electrons. The van der Waals surface area contributed by atoms with Gasteiger partial charge in [-0.3, -0.25) is 0 Å². The SMILES string of the molecule is CCC1=C(C)C2=NC1=CC1=NC(=Cc3[n-]c(c(C)c3CC)C=C3C=CC(=N3)C(=c3ccc(=C([O-])[O-])cc3)C3=NC(=C2)C=C3)C=C1.[Lu+3]. The Balaban J connectivity index is 0.00000372. The molecule has 0 saturated heterocycles. The van der Waals surface area contributed by atoms with Crippen LogP contribution >= 0.6 is 0 Å². The molecule has 5 aliphatic rings. The van der Waals surface area contributed by atoms with Crippen molar-refractivity contribution in [3.8, 4) is 0 Å². The fourth-order valence-electron chi connectivity index (χ4n) is 6.18. The minimum Gasteiger partial charge on any atom is -0.884 e. The first-order chi connectivity index (χ1) is 21.8. The van der Waals surface area contributed by atoms with Crippen molar-refractivity contribution in [2.75, 3.05) is 0 Å². The van der Waals surface area contributed by atoms with E-state index >= 15 is 0 Å². The molecule has 0 amide bonds. The van der Waals surface area contributed by atoms with Crippen LogP contribution < -0.4 is 25.6 Å². The van der Waals surface area contributed by atoms with Crippen molar-refractivity contribution in [3.63, 3.8) is 0 Å². The smallest absolute Gasteiger partial charge is 0.884 e. The van der Waals surface area contributed by atoms with Crippen molar-refractivity contribution in [2.24, 2.45) is 20.0 Å². The van der Waals surface area contributed by atoms with Crippen LogP contribution in [-0.2, 0) is 6.42 Å². The van der Waals surface area contributed by atoms with Gasteiger partial charge in [0.25, 0.3) is 0 Å². The fraction of sp³-hybridized carbons (Fsp3) is 0.158. The van der Waals surface area contributed by atoms with E-state index in [0.717, 1.165) is 91.8 Å². The van der Waals surface area contributed by atoms with Gasteiger partial charge in [0, 0.05) is 5.57 Å². The van der Waals surface area contributed by atoms with Gasteiger partial charge in [0.05, 0.1) is 45.6 Å². The van der Waals surface area contributed by atoms with Crippen molar-refractivity contribution in [1.29, 1.82) is 0 Å². The monoisotopic (exact) mass is 763 g/mol. The zero-order valence-corrected chi connectivity index (χ0v) is 27.5. The second-order valence-corrected chi connectivity index (χ2v) is 11.3. The standard InChI is InChI=1S/C38H32N5O2.Lu/c1-5-29-21(3)33-17-27-13-15-31(40-27)37(23-7-9-24(10-8-23)38(44)45)32-16-14-28(41-32)18-34-22(4)30(6-2)36(43-34)20-26-12-11-25(39-26)19-35(29)42-33;/h7-20H,5-6H2,1-4H3,(H2-,39,40,41,42,43,44,45);/q-1;+3/p-2. The predicted octanol–water partition coefficient (Wildman–Crippen LogP) is 3.83. The van der Waals surface area contributed by atoms with E-state index in [-0.39, 0.29) is 42.1 Å². The Morgan fingerprint density at radius 3 is 1.96 bits per heavy atom. The molecular formula is C38H30LuN5O2. The third kappa shape index (κ3) is 5.85. The Bertz CT molecular complexity index is 2180. The molecule has 5 aliphatic heterocycles. The number of hydrogen-bond acceptors (Lipinski definition) is 6. The molecule has 0 N–H and O–H groups in total. The van der Waals surface area contributed by atoms with E-state index in [0.29, 0.717) is 0 Å². The van der Waals surface area contributed by atoms with Gasteiger partial charge >= 0.3 is 36.9 Å². The minimum absolute atomic E-state index is 0. The molecule has 10 bridgehead atoms. The zero-order valence-electron chi connectivity index (χ0n) is 25.8. The number of hydrogen-bond donors (Lipinski definition) is 0. The van der Waals surface area contributed by atoms with Crippen LogP contribution in [0.25, 0.3) is 23.7 Å². The van der Waals surface area contributed by atoms with Crippen LogP contribution in [0.3, 0.4) is 0 Å². The number of benzene rings is 1. The third-order valence-corrected chi connectivity index (χ3v) is 8.55. The van der Waals surface area contributed by atoms with Gasteiger partial charge in [0.2, 0.25) is 0 Å². The fourth-order valence-corrected chi connectivity index (χ4v) is 6.18. The summed E-state index contributed by atoms with van der Waals surface area (Å²) in [5.41, 5.74) is 13.7. The molecule has 1 aromatic heterocycles. The summed E-state index contributed by atoms with van der Waals surface area (Å²) in [4.78, 5) is 24.9. The maximum absolute atomic E-state index is 11.5. The molecule has 2 aromatic rings. The number of rotatable bonds is 2. The van der Waals surface area contributed by atoms with E-state index in [1.807, 2.05) is 60.8 Å². The molecule has 0 radical (unpaired) electrons. The normalized spacial score (nSPS) is 18.0. The average Bonchev–Trinajstić information content (AvgIpc) is 3.86. The molecule has 0 fully saturated rings. The van der Waals surface area contributed by atoms with Crippen molar-refractivity contribution in [1.82, 2.24) is 4.98 Å². The zero-order chi connectivity index (χ0) is 31.2. The number of fused-ring (bicyclic) bond motifs is 6. The molecule has 0 unspecified atom stereocenters. The van der Waals surface area contributed by atoms with Crippen LogP contribution in [0.1, 0.15) is 49.7 Å². The van der Waals surface area contributed by atoms with E-state index in [1.54, 1.807) is 24.3 Å². The summed E-state index contributed by atoms with van der Waals surface area (Å²) in [7, 11) is 0. The van der Waals surface area contributed by atoms with Crippen molar-refractivity contribution in [3.05, 3.63) is 140 Å². The van der Waals surface area contributed by atoms with Crippen molar-refractivity contribution in [2.45, 2.75) is 40.5 Å².